The third-order valence-corrected chi connectivity index (χ3v) is 12.1. The van der Waals surface area contributed by atoms with Gasteiger partial charge in [-0.3, -0.25) is 9.59 Å². The Kier molecular flexibility index (Phi) is 13.8. The first-order chi connectivity index (χ1) is 28.0. The van der Waals surface area contributed by atoms with Gasteiger partial charge in [-0.1, -0.05) is 48.5 Å². The van der Waals surface area contributed by atoms with Crippen molar-refractivity contribution in [3.63, 3.8) is 0 Å². The Morgan fingerprint density at radius 2 is 1.16 bits per heavy atom. The predicted molar refractivity (Wildman–Crippen MR) is 219 cm³/mol. The van der Waals surface area contributed by atoms with E-state index in [1.54, 1.807) is 47.8 Å². The van der Waals surface area contributed by atoms with Gasteiger partial charge in [-0.2, -0.15) is 11.8 Å². The maximum absolute atomic E-state index is 13.9. The van der Waals surface area contributed by atoms with Gasteiger partial charge in [0, 0.05) is 32.6 Å². The van der Waals surface area contributed by atoms with E-state index in [0.717, 1.165) is 46.5 Å². The van der Waals surface area contributed by atoms with Crippen LogP contribution in [0.2, 0.25) is 0 Å². The minimum Gasteiger partial charge on any atom is -0.453 e. The summed E-state index contributed by atoms with van der Waals surface area (Å²) < 4.78 is 20.4. The zero-order valence-electron chi connectivity index (χ0n) is 33.8. The molecule has 0 aliphatic carbocycles. The molecule has 2 aromatic heterocycles. The summed E-state index contributed by atoms with van der Waals surface area (Å²) in [6.45, 7) is 4.52. The molecule has 2 aromatic carbocycles. The Labute approximate surface area is 342 Å². The fourth-order valence-corrected chi connectivity index (χ4v) is 8.22. The first kappa shape index (κ1) is 42.2. The van der Waals surface area contributed by atoms with Crippen molar-refractivity contribution in [3.8, 4) is 33.6 Å². The SMILES string of the molecule is COC(=O)N[C@H](C(=O)N1CCC[C@H]1c1ncc(-c2ccc(-c3ccc(-c4cnc([C@@H]5C[C@H](SC)CN5C(=O)[C@@H](NC(=O)OC)C(C)OC)[nH]4)cc3)cc2)[nH]1)C(C)OC. The molecule has 2 fully saturated rings. The minimum atomic E-state index is -0.920. The lowest BCUT2D eigenvalue weighted by molar-refractivity contribution is -0.138. The topological polar surface area (TPSA) is 193 Å². The number of imidazole rings is 2. The summed E-state index contributed by atoms with van der Waals surface area (Å²) >= 11 is 1.70. The molecule has 0 bridgehead atoms. The van der Waals surface area contributed by atoms with Crippen LogP contribution in [0.5, 0.6) is 0 Å². The van der Waals surface area contributed by atoms with Crippen LogP contribution in [0.1, 0.15) is 56.8 Å². The molecular weight excluding hydrogens is 765 g/mol. The Balaban J connectivity index is 1.13. The first-order valence-electron chi connectivity index (χ1n) is 19.2. The summed E-state index contributed by atoms with van der Waals surface area (Å²) in [4.78, 5) is 71.4. The number of hydrogen-bond acceptors (Lipinski definition) is 11. The Hall–Kier alpha value is -5.39. The highest BCUT2D eigenvalue weighted by Crippen LogP contribution is 2.38. The lowest BCUT2D eigenvalue weighted by Crippen LogP contribution is -2.54. The number of thioether (sulfide) groups is 1. The molecule has 4 aromatic rings. The van der Waals surface area contributed by atoms with E-state index < -0.39 is 36.5 Å². The van der Waals surface area contributed by atoms with Crippen LogP contribution in [-0.4, -0.2) is 131 Å². The number of rotatable bonds is 14. The Bertz CT molecular complexity index is 2040. The van der Waals surface area contributed by atoms with Crippen LogP contribution in [-0.2, 0) is 28.5 Å². The van der Waals surface area contributed by atoms with Crippen molar-refractivity contribution in [1.29, 1.82) is 0 Å². The van der Waals surface area contributed by atoms with E-state index in [1.807, 2.05) is 30.5 Å². The molecule has 2 saturated heterocycles. The number of H-pyrrole nitrogens is 2. The molecule has 58 heavy (non-hydrogen) atoms. The predicted octanol–water partition coefficient (Wildman–Crippen LogP) is 5.32. The Morgan fingerprint density at radius 3 is 1.60 bits per heavy atom. The molecule has 0 spiro atoms. The van der Waals surface area contributed by atoms with Crippen LogP contribution in [0.15, 0.2) is 60.9 Å². The molecule has 310 valence electrons. The molecular formula is C41H52N8O8S. The van der Waals surface area contributed by atoms with Gasteiger partial charge >= 0.3 is 12.2 Å². The highest BCUT2D eigenvalue weighted by Gasteiger charge is 2.42. The van der Waals surface area contributed by atoms with E-state index >= 15 is 0 Å². The number of carbonyl (C=O) groups is 4. The van der Waals surface area contributed by atoms with Crippen LogP contribution in [0.4, 0.5) is 9.59 Å². The summed E-state index contributed by atoms with van der Waals surface area (Å²) in [5.74, 6) is 0.850. The van der Waals surface area contributed by atoms with Crippen LogP contribution in [0.3, 0.4) is 0 Å². The summed E-state index contributed by atoms with van der Waals surface area (Å²) in [6, 6.07) is 14.0. The van der Waals surface area contributed by atoms with Gasteiger partial charge in [0.05, 0.1) is 62.3 Å². The number of benzene rings is 2. The van der Waals surface area contributed by atoms with Crippen molar-refractivity contribution < 1.29 is 38.1 Å². The van der Waals surface area contributed by atoms with Gasteiger partial charge in [0.15, 0.2) is 0 Å². The number of methoxy groups -OCH3 is 4. The second-order valence-corrected chi connectivity index (χ2v) is 15.6. The molecule has 17 heteroatoms. The average Bonchev–Trinajstić information content (AvgIpc) is 4.10. The van der Waals surface area contributed by atoms with Gasteiger partial charge in [-0.15, -0.1) is 0 Å². The molecule has 0 radical (unpaired) electrons. The second-order valence-electron chi connectivity index (χ2n) is 14.4. The van der Waals surface area contributed by atoms with Crippen molar-refractivity contribution >= 4 is 35.8 Å². The molecule has 2 aliphatic rings. The lowest BCUT2D eigenvalue weighted by atomic mass is 10.0. The normalized spacial score (nSPS) is 19.9. The fraction of sp³-hybridized carbons (Fsp3) is 0.463. The highest BCUT2D eigenvalue weighted by atomic mass is 32.2. The van der Waals surface area contributed by atoms with Gasteiger partial charge in [-0.25, -0.2) is 19.6 Å². The largest absolute Gasteiger partial charge is 0.453 e. The number of aromatic amines is 2. The number of hydrogen-bond donors (Lipinski definition) is 4. The molecule has 4 amide bonds. The zero-order valence-corrected chi connectivity index (χ0v) is 34.6. The van der Waals surface area contributed by atoms with Crippen molar-refractivity contribution in [3.05, 3.63) is 72.6 Å². The number of likely N-dealkylation sites (tertiary alicyclic amines) is 2. The van der Waals surface area contributed by atoms with E-state index in [2.05, 4.69) is 49.9 Å². The van der Waals surface area contributed by atoms with Crippen molar-refractivity contribution in [2.45, 2.75) is 74.7 Å². The van der Waals surface area contributed by atoms with Crippen LogP contribution < -0.4 is 10.6 Å². The number of carbonyl (C=O) groups excluding carboxylic acids is 4. The first-order valence-corrected chi connectivity index (χ1v) is 20.5. The average molecular weight is 817 g/mol. The highest BCUT2D eigenvalue weighted by molar-refractivity contribution is 7.99. The standard InChI is InChI=1S/C41H52N8O8S/c1-23(54-3)34(46-40(52)56-5)38(50)48-18-8-9-32(48)36-42-20-30(44-36)27-14-10-25(11-15-27)26-12-16-28(17-13-26)31-21-43-37(45-31)33-19-29(58-7)22-49(33)39(51)35(24(2)55-4)47-41(53)57-6/h10-17,20-21,23-24,29,32-35H,8-9,18-19,22H2,1-7H3,(H,42,44)(H,43,45)(H,46,52)(H,47,53)/t23?,24?,29-,32-,33-,34-,35-/m0/s1. The number of aromatic nitrogens is 4. The van der Waals surface area contributed by atoms with Crippen molar-refractivity contribution in [2.75, 3.05) is 47.8 Å². The molecule has 0 saturated carbocycles. The van der Waals surface area contributed by atoms with E-state index in [-0.39, 0.29) is 29.1 Å². The van der Waals surface area contributed by atoms with Crippen LogP contribution in [0.25, 0.3) is 33.6 Å². The summed E-state index contributed by atoms with van der Waals surface area (Å²) in [5, 5.41) is 5.46. The molecule has 4 heterocycles. The van der Waals surface area contributed by atoms with E-state index in [9.17, 15) is 19.2 Å². The Morgan fingerprint density at radius 1 is 0.707 bits per heavy atom. The van der Waals surface area contributed by atoms with E-state index in [1.165, 1.54) is 28.4 Å². The third kappa shape index (κ3) is 9.16. The summed E-state index contributed by atoms with van der Waals surface area (Å²) in [7, 11) is 5.51. The monoisotopic (exact) mass is 816 g/mol. The smallest absolute Gasteiger partial charge is 0.407 e. The van der Waals surface area contributed by atoms with Crippen molar-refractivity contribution in [2.24, 2.45) is 0 Å². The molecule has 4 N–H and O–H groups in total. The van der Waals surface area contributed by atoms with Gasteiger partial charge < -0.3 is 49.3 Å². The molecule has 16 nitrogen and oxygen atoms in total. The molecule has 7 atom stereocenters. The van der Waals surface area contributed by atoms with Gasteiger partial charge in [0.2, 0.25) is 11.8 Å². The summed E-state index contributed by atoms with van der Waals surface area (Å²) in [6.07, 6.45) is 5.32. The van der Waals surface area contributed by atoms with Gasteiger partial charge in [0.25, 0.3) is 0 Å². The van der Waals surface area contributed by atoms with Crippen molar-refractivity contribution in [1.82, 2.24) is 40.4 Å². The van der Waals surface area contributed by atoms with Crippen LogP contribution in [0, 0.1) is 0 Å². The maximum atomic E-state index is 13.9. The number of ether oxygens (including phenoxy) is 4. The van der Waals surface area contributed by atoms with Gasteiger partial charge in [-0.05, 0) is 61.6 Å². The summed E-state index contributed by atoms with van der Waals surface area (Å²) in [5.41, 5.74) is 5.62. The third-order valence-electron chi connectivity index (χ3n) is 11.1. The van der Waals surface area contributed by atoms with E-state index in [4.69, 9.17) is 23.9 Å². The molecule has 2 unspecified atom stereocenters. The quantitative estimate of drug-likeness (QED) is 0.129. The van der Waals surface area contributed by atoms with E-state index in [0.29, 0.717) is 31.2 Å². The lowest BCUT2D eigenvalue weighted by Gasteiger charge is -2.30. The maximum Gasteiger partial charge on any atom is 0.407 e. The molecule has 2 aliphatic heterocycles. The second kappa shape index (κ2) is 18.9. The molecule has 6 rings (SSSR count). The minimum absolute atomic E-state index is 0.204. The number of nitrogens with one attached hydrogen (secondary N) is 4. The number of nitrogens with zero attached hydrogens (tertiary/aromatic N) is 4. The number of amides is 4. The van der Waals surface area contributed by atoms with Gasteiger partial charge in [0.1, 0.15) is 23.7 Å². The van der Waals surface area contributed by atoms with Crippen LogP contribution >= 0.6 is 11.8 Å². The zero-order chi connectivity index (χ0) is 41.5. The fourth-order valence-electron chi connectivity index (χ4n) is 7.54. The number of alkyl carbamates (subject to hydrolysis) is 2.